The van der Waals surface area contributed by atoms with Gasteiger partial charge in [0.1, 0.15) is 5.69 Å². The predicted molar refractivity (Wildman–Crippen MR) is 81.1 cm³/mol. The van der Waals surface area contributed by atoms with Crippen LogP contribution in [0.3, 0.4) is 0 Å². The molecular formula is C17H14N2O2. The van der Waals surface area contributed by atoms with Gasteiger partial charge in [0.05, 0.1) is 18.3 Å². The van der Waals surface area contributed by atoms with Crippen LogP contribution >= 0.6 is 0 Å². The third kappa shape index (κ3) is 2.48. The number of esters is 1. The second-order valence-corrected chi connectivity index (χ2v) is 4.77. The Labute approximate surface area is 122 Å². The van der Waals surface area contributed by atoms with Gasteiger partial charge in [-0.15, -0.1) is 0 Å². The standard InChI is InChI=1S/C17H14N2O2/c1-11-9-12-5-3-4-6-14(12)19-16(11)13-7-8-15(18-10-13)17(20)21-2/h3-10H,1-2H3. The van der Waals surface area contributed by atoms with Crippen molar-refractivity contribution in [2.24, 2.45) is 0 Å². The number of carbonyl (C=O) groups excluding carboxylic acids is 1. The molecule has 2 heterocycles. The molecule has 3 rings (SSSR count). The number of aryl methyl sites for hydroxylation is 1. The van der Waals surface area contributed by atoms with E-state index in [-0.39, 0.29) is 0 Å². The lowest BCUT2D eigenvalue weighted by atomic mass is 10.1. The second kappa shape index (κ2) is 5.32. The van der Waals surface area contributed by atoms with Gasteiger partial charge in [-0.3, -0.25) is 0 Å². The number of pyridine rings is 2. The molecule has 0 aliphatic rings. The summed E-state index contributed by atoms with van der Waals surface area (Å²) >= 11 is 0. The molecule has 0 aliphatic heterocycles. The summed E-state index contributed by atoms with van der Waals surface area (Å²) in [6, 6.07) is 13.6. The lowest BCUT2D eigenvalue weighted by molar-refractivity contribution is 0.0594. The summed E-state index contributed by atoms with van der Waals surface area (Å²) in [7, 11) is 1.34. The van der Waals surface area contributed by atoms with Crippen LogP contribution in [0.1, 0.15) is 16.1 Å². The summed E-state index contributed by atoms with van der Waals surface area (Å²) in [6.45, 7) is 2.02. The minimum absolute atomic E-state index is 0.291. The number of benzene rings is 1. The molecule has 2 aromatic heterocycles. The van der Waals surface area contributed by atoms with E-state index in [1.807, 2.05) is 37.3 Å². The van der Waals surface area contributed by atoms with Crippen molar-refractivity contribution >= 4 is 16.9 Å². The van der Waals surface area contributed by atoms with Crippen LogP contribution in [-0.2, 0) is 4.74 Å². The number of para-hydroxylation sites is 1. The first-order valence-electron chi connectivity index (χ1n) is 6.60. The number of hydrogen-bond acceptors (Lipinski definition) is 4. The molecule has 0 aliphatic carbocycles. The SMILES string of the molecule is COC(=O)c1ccc(-c2nc3ccccc3cc2C)cn1. The fourth-order valence-electron chi connectivity index (χ4n) is 2.27. The van der Waals surface area contributed by atoms with Crippen LogP contribution in [0.15, 0.2) is 48.7 Å². The van der Waals surface area contributed by atoms with Gasteiger partial charge in [0, 0.05) is 17.1 Å². The highest BCUT2D eigenvalue weighted by atomic mass is 16.5. The fourth-order valence-corrected chi connectivity index (χ4v) is 2.27. The summed E-state index contributed by atoms with van der Waals surface area (Å²) < 4.78 is 4.65. The molecule has 0 radical (unpaired) electrons. The van der Waals surface area contributed by atoms with Crippen molar-refractivity contribution < 1.29 is 9.53 Å². The quantitative estimate of drug-likeness (QED) is 0.674. The molecule has 21 heavy (non-hydrogen) atoms. The number of nitrogens with zero attached hydrogens (tertiary/aromatic N) is 2. The lowest BCUT2D eigenvalue weighted by Gasteiger charge is -2.07. The highest BCUT2D eigenvalue weighted by Crippen LogP contribution is 2.24. The van der Waals surface area contributed by atoms with Gasteiger partial charge in [-0.1, -0.05) is 18.2 Å². The molecule has 4 heteroatoms. The first-order chi connectivity index (χ1) is 10.2. The number of fused-ring (bicyclic) bond motifs is 1. The van der Waals surface area contributed by atoms with E-state index >= 15 is 0 Å². The number of rotatable bonds is 2. The molecular weight excluding hydrogens is 264 g/mol. The molecule has 0 unspecified atom stereocenters. The van der Waals surface area contributed by atoms with Crippen LogP contribution in [0.25, 0.3) is 22.2 Å². The van der Waals surface area contributed by atoms with E-state index in [0.717, 1.165) is 27.7 Å². The second-order valence-electron chi connectivity index (χ2n) is 4.77. The maximum absolute atomic E-state index is 11.4. The number of ether oxygens (including phenoxy) is 1. The molecule has 3 aromatic rings. The van der Waals surface area contributed by atoms with Crippen LogP contribution < -0.4 is 0 Å². The average molecular weight is 278 g/mol. The zero-order chi connectivity index (χ0) is 14.8. The highest BCUT2D eigenvalue weighted by Gasteiger charge is 2.10. The molecule has 0 bridgehead atoms. The summed E-state index contributed by atoms with van der Waals surface area (Å²) in [5, 5.41) is 1.11. The maximum atomic E-state index is 11.4. The Bertz CT molecular complexity index is 811. The Morgan fingerprint density at radius 1 is 1.14 bits per heavy atom. The summed E-state index contributed by atoms with van der Waals surface area (Å²) in [6.07, 6.45) is 1.65. The Hall–Kier alpha value is -2.75. The molecule has 0 fully saturated rings. The van der Waals surface area contributed by atoms with Crippen molar-refractivity contribution in [1.82, 2.24) is 9.97 Å². The molecule has 0 amide bonds. The monoisotopic (exact) mass is 278 g/mol. The number of methoxy groups -OCH3 is 1. The third-order valence-corrected chi connectivity index (χ3v) is 3.35. The summed E-state index contributed by atoms with van der Waals surface area (Å²) in [4.78, 5) is 20.2. The van der Waals surface area contributed by atoms with Gasteiger partial charge in [0.15, 0.2) is 0 Å². The molecule has 4 nitrogen and oxygen atoms in total. The van der Waals surface area contributed by atoms with Gasteiger partial charge in [-0.05, 0) is 36.8 Å². The zero-order valence-corrected chi connectivity index (χ0v) is 11.8. The van der Waals surface area contributed by atoms with Crippen molar-refractivity contribution in [2.75, 3.05) is 7.11 Å². The van der Waals surface area contributed by atoms with Crippen molar-refractivity contribution in [3.63, 3.8) is 0 Å². The first-order valence-corrected chi connectivity index (χ1v) is 6.60. The van der Waals surface area contributed by atoms with Crippen molar-refractivity contribution in [1.29, 1.82) is 0 Å². The number of aromatic nitrogens is 2. The molecule has 0 spiro atoms. The smallest absolute Gasteiger partial charge is 0.356 e. The molecule has 0 saturated heterocycles. The molecule has 1 aromatic carbocycles. The van der Waals surface area contributed by atoms with Gasteiger partial charge in [0.25, 0.3) is 0 Å². The number of hydrogen-bond donors (Lipinski definition) is 0. The van der Waals surface area contributed by atoms with Crippen molar-refractivity contribution in [3.05, 3.63) is 59.9 Å². The molecule has 0 N–H and O–H groups in total. The van der Waals surface area contributed by atoms with E-state index in [2.05, 4.69) is 20.8 Å². The fraction of sp³-hybridized carbons (Fsp3) is 0.118. The maximum Gasteiger partial charge on any atom is 0.356 e. The zero-order valence-electron chi connectivity index (χ0n) is 11.8. The molecule has 0 atom stereocenters. The van der Waals surface area contributed by atoms with Gasteiger partial charge in [-0.2, -0.15) is 0 Å². The summed E-state index contributed by atoms with van der Waals surface area (Å²) in [5.41, 5.74) is 4.06. The van der Waals surface area contributed by atoms with Crippen molar-refractivity contribution in [3.8, 4) is 11.3 Å². The van der Waals surface area contributed by atoms with E-state index in [0.29, 0.717) is 5.69 Å². The minimum Gasteiger partial charge on any atom is -0.464 e. The van der Waals surface area contributed by atoms with Gasteiger partial charge < -0.3 is 4.74 Å². The topological polar surface area (TPSA) is 52.1 Å². The third-order valence-electron chi connectivity index (χ3n) is 3.35. The largest absolute Gasteiger partial charge is 0.464 e. The summed E-state index contributed by atoms with van der Waals surface area (Å²) in [5.74, 6) is -0.440. The van der Waals surface area contributed by atoms with E-state index in [9.17, 15) is 4.79 Å². The minimum atomic E-state index is -0.440. The Morgan fingerprint density at radius 3 is 2.67 bits per heavy atom. The van der Waals surface area contributed by atoms with Crippen LogP contribution in [0.2, 0.25) is 0 Å². The van der Waals surface area contributed by atoms with Crippen molar-refractivity contribution in [2.45, 2.75) is 6.92 Å². The Morgan fingerprint density at radius 2 is 1.95 bits per heavy atom. The van der Waals surface area contributed by atoms with Crippen LogP contribution in [0.4, 0.5) is 0 Å². The van der Waals surface area contributed by atoms with Crippen LogP contribution in [0, 0.1) is 6.92 Å². The lowest BCUT2D eigenvalue weighted by Crippen LogP contribution is -2.03. The van der Waals surface area contributed by atoms with Gasteiger partial charge in [0.2, 0.25) is 0 Å². The van der Waals surface area contributed by atoms with E-state index in [1.165, 1.54) is 7.11 Å². The Kier molecular flexibility index (Phi) is 3.36. The van der Waals surface area contributed by atoms with Crippen LogP contribution in [-0.4, -0.2) is 23.0 Å². The highest BCUT2D eigenvalue weighted by molar-refractivity contribution is 5.88. The molecule has 104 valence electrons. The van der Waals surface area contributed by atoms with Gasteiger partial charge >= 0.3 is 5.97 Å². The van der Waals surface area contributed by atoms with Crippen LogP contribution in [0.5, 0.6) is 0 Å². The normalized spacial score (nSPS) is 10.6. The molecule has 0 saturated carbocycles. The van der Waals surface area contributed by atoms with Gasteiger partial charge in [-0.25, -0.2) is 14.8 Å². The van der Waals surface area contributed by atoms with E-state index in [4.69, 9.17) is 0 Å². The van der Waals surface area contributed by atoms with E-state index < -0.39 is 5.97 Å². The number of carbonyl (C=O) groups is 1. The average Bonchev–Trinajstić information content (AvgIpc) is 2.53. The van der Waals surface area contributed by atoms with E-state index in [1.54, 1.807) is 12.3 Å². The first kappa shape index (κ1) is 13.2. The predicted octanol–water partition coefficient (Wildman–Crippen LogP) is 3.39. The Balaban J connectivity index is 2.07.